The number of pyridine rings is 2. The van der Waals surface area contributed by atoms with Gasteiger partial charge in [0.1, 0.15) is 23.2 Å². The van der Waals surface area contributed by atoms with Crippen molar-refractivity contribution >= 4 is 50.8 Å². The zero-order valence-electron chi connectivity index (χ0n) is 37.6. The molecule has 64 heavy (non-hydrogen) atoms. The lowest BCUT2D eigenvalue weighted by molar-refractivity contribution is -0.156. The summed E-state index contributed by atoms with van der Waals surface area (Å²) in [5.41, 5.74) is 10.2. The maximum atomic E-state index is 14.9. The van der Waals surface area contributed by atoms with Crippen LogP contribution in [0.5, 0.6) is 0 Å². The Labute approximate surface area is 377 Å². The second kappa shape index (κ2) is 17.8. The summed E-state index contributed by atoms with van der Waals surface area (Å²) in [7, 11) is 1.70. The van der Waals surface area contributed by atoms with E-state index in [2.05, 4.69) is 66.4 Å². The topological polar surface area (TPSA) is 150 Å². The Hall–Kier alpha value is -5.54. The number of hydrazine groups is 1. The number of benzene rings is 2. The van der Waals surface area contributed by atoms with Crippen molar-refractivity contribution in [2.45, 2.75) is 97.6 Å². The van der Waals surface area contributed by atoms with Gasteiger partial charge in [0.15, 0.2) is 0 Å². The number of aromatic nitrogens is 4. The Bertz CT molecular complexity index is 2730. The fourth-order valence-corrected chi connectivity index (χ4v) is 10.7. The minimum absolute atomic E-state index is 0.00696. The minimum atomic E-state index is -1.15. The van der Waals surface area contributed by atoms with Crippen molar-refractivity contribution in [2.24, 2.45) is 17.3 Å². The molecule has 2 fully saturated rings. The van der Waals surface area contributed by atoms with Gasteiger partial charge < -0.3 is 24.1 Å². The van der Waals surface area contributed by atoms with E-state index in [1.807, 2.05) is 62.7 Å². The molecule has 0 unspecified atom stereocenters. The van der Waals surface area contributed by atoms with Crippen molar-refractivity contribution in [1.82, 2.24) is 35.3 Å². The molecule has 0 spiro atoms. The number of nitrogens with zero attached hydrogens (tertiary/aromatic N) is 5. The van der Waals surface area contributed by atoms with Gasteiger partial charge in [-0.25, -0.2) is 10.4 Å². The van der Waals surface area contributed by atoms with Gasteiger partial charge >= 0.3 is 5.97 Å². The average Bonchev–Trinajstić information content (AvgIpc) is 3.59. The van der Waals surface area contributed by atoms with Gasteiger partial charge in [0.25, 0.3) is 5.91 Å². The summed E-state index contributed by atoms with van der Waals surface area (Å²) in [6.45, 7) is 13.8. The number of cyclic esters (lactones) is 1. The molecule has 6 aromatic rings. The standard InChI is InChI=1S/C50H57N7O6S/c1-8-56-39-19-18-31-22-34(39)35(44(56)33-16-12-20-51-42(33)29(4)61-7)24-50(5,6)27-63-49(60)36-17-13-21-57(55-36)48(59)43(45(62-9-2)47-53-38(31)26-64-47)54-46(58)41-28(3)40(41)37-23-30-14-10-11-15-32(30)25-52-37/h10-12,14-16,18-20,22-23,25-26,28-29,36,40-41,43,45,55H,8-9,13,17,21,24,27H2,1-7H3,(H,54,58)/t28-,29-,36-,40-,41+,43-,45-/m0/s1. The summed E-state index contributed by atoms with van der Waals surface area (Å²) in [6, 6.07) is 18.7. The lowest BCUT2D eigenvalue weighted by Gasteiger charge is -2.37. The van der Waals surface area contributed by atoms with E-state index in [0.29, 0.717) is 37.4 Å². The highest BCUT2D eigenvalue weighted by Crippen LogP contribution is 2.53. The fraction of sp³-hybridized carbons (Fsp3) is 0.440. The molecule has 3 aliphatic rings. The molecule has 1 saturated heterocycles. The molecule has 1 saturated carbocycles. The summed E-state index contributed by atoms with van der Waals surface area (Å²) in [5.74, 6) is -1.59. The number of amides is 2. The van der Waals surface area contributed by atoms with Crippen LogP contribution in [0.25, 0.3) is 44.2 Å². The van der Waals surface area contributed by atoms with Crippen LogP contribution in [-0.2, 0) is 41.6 Å². The van der Waals surface area contributed by atoms with Crippen molar-refractivity contribution in [3.8, 4) is 22.5 Å². The predicted octanol–water partition coefficient (Wildman–Crippen LogP) is 8.34. The van der Waals surface area contributed by atoms with Crippen LogP contribution in [0.15, 0.2) is 78.4 Å². The number of hydrogen-bond acceptors (Lipinski definition) is 11. The number of rotatable bonds is 9. The van der Waals surface area contributed by atoms with Gasteiger partial charge in [-0.3, -0.25) is 29.4 Å². The molecule has 1 aliphatic carbocycles. The first-order valence-electron chi connectivity index (χ1n) is 22.5. The van der Waals surface area contributed by atoms with Crippen molar-refractivity contribution in [2.75, 3.05) is 26.9 Å². The second-order valence-electron chi connectivity index (χ2n) is 18.2. The molecule has 4 aromatic heterocycles. The van der Waals surface area contributed by atoms with Crippen LogP contribution in [0.4, 0.5) is 0 Å². The molecular weight excluding hydrogens is 827 g/mol. The molecule has 14 heteroatoms. The Morgan fingerprint density at radius 2 is 1.89 bits per heavy atom. The zero-order chi connectivity index (χ0) is 44.9. The molecule has 0 radical (unpaired) electrons. The van der Waals surface area contributed by atoms with Crippen LogP contribution in [0.1, 0.15) is 94.5 Å². The number of nitrogens with one attached hydrogen (secondary N) is 2. The number of aryl methyl sites for hydroxylation is 1. The first-order valence-corrected chi connectivity index (χ1v) is 23.4. The number of ether oxygens (including phenoxy) is 3. The minimum Gasteiger partial charge on any atom is -0.464 e. The number of methoxy groups -OCH3 is 1. The highest BCUT2D eigenvalue weighted by Gasteiger charge is 2.54. The highest BCUT2D eigenvalue weighted by atomic mass is 32.1. The molecule has 6 bridgehead atoms. The molecule has 9 rings (SSSR count). The first kappa shape index (κ1) is 43.7. The van der Waals surface area contributed by atoms with Crippen molar-refractivity contribution in [3.63, 3.8) is 0 Å². The van der Waals surface area contributed by atoms with Gasteiger partial charge in [-0.05, 0) is 87.2 Å². The summed E-state index contributed by atoms with van der Waals surface area (Å²) in [5, 5.41) is 10.3. The maximum absolute atomic E-state index is 14.9. The van der Waals surface area contributed by atoms with E-state index in [4.69, 9.17) is 29.2 Å². The molecule has 7 atom stereocenters. The van der Waals surface area contributed by atoms with E-state index >= 15 is 0 Å². The monoisotopic (exact) mass is 883 g/mol. The average molecular weight is 884 g/mol. The number of thiazole rings is 1. The molecule has 6 heterocycles. The number of carbonyl (C=O) groups is 3. The van der Waals surface area contributed by atoms with Crippen LogP contribution >= 0.6 is 11.3 Å². The van der Waals surface area contributed by atoms with E-state index < -0.39 is 41.4 Å². The van der Waals surface area contributed by atoms with Crippen LogP contribution in [0.3, 0.4) is 0 Å². The van der Waals surface area contributed by atoms with Crippen molar-refractivity contribution < 1.29 is 28.6 Å². The van der Waals surface area contributed by atoms with Crippen molar-refractivity contribution in [3.05, 3.63) is 100 Å². The fourth-order valence-electron chi connectivity index (χ4n) is 9.79. The van der Waals surface area contributed by atoms with Crippen LogP contribution in [0.2, 0.25) is 0 Å². The predicted molar refractivity (Wildman–Crippen MR) is 247 cm³/mol. The number of hydrogen-bond donors (Lipinski definition) is 2. The Morgan fingerprint density at radius 3 is 2.67 bits per heavy atom. The molecule has 2 N–H and O–H groups in total. The van der Waals surface area contributed by atoms with E-state index in [-0.39, 0.29) is 37.1 Å². The molecule has 334 valence electrons. The summed E-state index contributed by atoms with van der Waals surface area (Å²) < 4.78 is 20.7. The Balaban J connectivity index is 1.13. The van der Waals surface area contributed by atoms with E-state index in [1.165, 1.54) is 16.3 Å². The van der Waals surface area contributed by atoms with E-state index in [0.717, 1.165) is 61.1 Å². The van der Waals surface area contributed by atoms with E-state index in [9.17, 15) is 14.4 Å². The van der Waals surface area contributed by atoms with Gasteiger partial charge in [0.2, 0.25) is 5.91 Å². The SMILES string of the molecule is CCO[C@@H]1c2nc(cs2)-c2ccc3c(c2)c(c(-c2cccnc2[C@H](C)OC)n3CC)CC(C)(C)COC(=O)[C@@H]2CCCN(N2)C(=O)[C@H]1NC(=O)[C@@H]1[C@@H](C)[C@H]1c1cc2ccccc2cn1. The summed E-state index contributed by atoms with van der Waals surface area (Å²) in [4.78, 5) is 58.1. The second-order valence-corrected chi connectivity index (χ2v) is 19.1. The normalized spacial score (nSPS) is 24.0. The third-order valence-corrected chi connectivity index (χ3v) is 14.2. The van der Waals surface area contributed by atoms with Crippen LogP contribution in [0, 0.1) is 17.3 Å². The van der Waals surface area contributed by atoms with Crippen LogP contribution < -0.4 is 10.7 Å². The number of esters is 1. The lowest BCUT2D eigenvalue weighted by atomic mass is 9.84. The molecule has 2 aromatic carbocycles. The Morgan fingerprint density at radius 1 is 1.08 bits per heavy atom. The Kier molecular flexibility index (Phi) is 12.1. The number of carbonyl (C=O) groups excluding carboxylic acids is 3. The van der Waals surface area contributed by atoms with Gasteiger partial charge in [-0.2, -0.15) is 0 Å². The smallest absolute Gasteiger partial charge is 0.324 e. The van der Waals surface area contributed by atoms with Gasteiger partial charge in [-0.15, -0.1) is 11.3 Å². The number of fused-ring (bicyclic) bond motifs is 7. The third-order valence-electron chi connectivity index (χ3n) is 13.3. The maximum Gasteiger partial charge on any atom is 0.324 e. The van der Waals surface area contributed by atoms with E-state index in [1.54, 1.807) is 13.3 Å². The highest BCUT2D eigenvalue weighted by molar-refractivity contribution is 7.10. The van der Waals surface area contributed by atoms with Gasteiger partial charge in [0, 0.05) is 94.9 Å². The third kappa shape index (κ3) is 8.21. The summed E-state index contributed by atoms with van der Waals surface area (Å²) in [6.07, 6.45) is 4.13. The lowest BCUT2D eigenvalue weighted by Crippen LogP contribution is -2.61. The summed E-state index contributed by atoms with van der Waals surface area (Å²) >= 11 is 1.40. The van der Waals surface area contributed by atoms with Gasteiger partial charge in [-0.1, -0.05) is 51.1 Å². The van der Waals surface area contributed by atoms with Crippen molar-refractivity contribution in [1.29, 1.82) is 0 Å². The molecule has 2 amide bonds. The first-order chi connectivity index (χ1) is 30.9. The quantitative estimate of drug-likeness (QED) is 0.136. The van der Waals surface area contributed by atoms with Gasteiger partial charge in [0.05, 0.1) is 29.8 Å². The largest absolute Gasteiger partial charge is 0.464 e. The van der Waals surface area contributed by atoms with Crippen LogP contribution in [-0.4, -0.2) is 81.3 Å². The molecule has 13 nitrogen and oxygen atoms in total. The molecule has 2 aliphatic heterocycles. The molecular formula is C50H57N7O6S. The zero-order valence-corrected chi connectivity index (χ0v) is 38.4.